The maximum atomic E-state index is 6.14. The number of nitrogens with one attached hydrogen (secondary N) is 2. The molecule has 0 amide bonds. The highest BCUT2D eigenvalue weighted by Gasteiger charge is 2.34. The van der Waals surface area contributed by atoms with E-state index >= 15 is 0 Å². The summed E-state index contributed by atoms with van der Waals surface area (Å²) in [4.78, 5) is 11.7. The number of anilines is 2. The number of benzene rings is 1. The van der Waals surface area contributed by atoms with Crippen molar-refractivity contribution in [3.63, 3.8) is 0 Å². The van der Waals surface area contributed by atoms with Gasteiger partial charge in [-0.3, -0.25) is 0 Å². The van der Waals surface area contributed by atoms with E-state index < -0.39 is 0 Å². The van der Waals surface area contributed by atoms with Gasteiger partial charge in [-0.1, -0.05) is 49.9 Å². The summed E-state index contributed by atoms with van der Waals surface area (Å²) >= 11 is 11.8. The summed E-state index contributed by atoms with van der Waals surface area (Å²) in [6, 6.07) is 10.4. The van der Waals surface area contributed by atoms with Gasteiger partial charge in [0.05, 0.1) is 0 Å². The third-order valence-corrected chi connectivity index (χ3v) is 7.40. The van der Waals surface area contributed by atoms with Crippen LogP contribution >= 0.6 is 23.8 Å². The highest BCUT2D eigenvalue weighted by atomic mass is 35.5. The van der Waals surface area contributed by atoms with E-state index in [1.54, 1.807) is 0 Å². The van der Waals surface area contributed by atoms with Gasteiger partial charge in [0.2, 0.25) is 5.95 Å². The molecule has 0 spiro atoms. The van der Waals surface area contributed by atoms with E-state index in [1.165, 1.54) is 37.7 Å². The van der Waals surface area contributed by atoms with Gasteiger partial charge in [0.1, 0.15) is 5.82 Å². The molecule has 172 valence electrons. The second-order valence-corrected chi connectivity index (χ2v) is 10.4. The summed E-state index contributed by atoms with van der Waals surface area (Å²) in [5, 5.41) is 8.07. The molecule has 2 aliphatic rings. The van der Waals surface area contributed by atoms with E-state index in [9.17, 15) is 0 Å². The lowest BCUT2D eigenvalue weighted by molar-refractivity contribution is 0.292. The third kappa shape index (κ3) is 5.70. The molecule has 2 N–H and O–H groups in total. The van der Waals surface area contributed by atoms with Gasteiger partial charge < -0.3 is 15.5 Å². The van der Waals surface area contributed by atoms with Crippen molar-refractivity contribution in [3.05, 3.63) is 46.6 Å². The zero-order valence-corrected chi connectivity index (χ0v) is 20.7. The summed E-state index contributed by atoms with van der Waals surface area (Å²) in [6.45, 7) is 7.20. The lowest BCUT2D eigenvalue weighted by atomic mass is 9.69. The lowest BCUT2D eigenvalue weighted by Gasteiger charge is -2.38. The molecule has 7 heteroatoms. The third-order valence-electron chi connectivity index (χ3n) is 6.90. The smallest absolute Gasteiger partial charge is 0.231 e. The van der Waals surface area contributed by atoms with Gasteiger partial charge in [-0.15, -0.1) is 0 Å². The predicted octanol–water partition coefficient (Wildman–Crippen LogP) is 5.86. The molecule has 5 nitrogen and oxygen atoms in total. The molecule has 1 aliphatic carbocycles. The van der Waals surface area contributed by atoms with Crippen LogP contribution in [0.2, 0.25) is 5.02 Å². The molecular formula is C25H34ClN5S. The van der Waals surface area contributed by atoms with E-state index in [-0.39, 0.29) is 5.41 Å². The summed E-state index contributed by atoms with van der Waals surface area (Å²) in [6.07, 6.45) is 8.58. The minimum absolute atomic E-state index is 0.0805. The molecule has 32 heavy (non-hydrogen) atoms. The number of thiocarbonyl (C=S) groups is 1. The fourth-order valence-corrected chi connectivity index (χ4v) is 5.45. The monoisotopic (exact) mass is 471 g/mol. The van der Waals surface area contributed by atoms with Gasteiger partial charge in [0.25, 0.3) is 0 Å². The SMILES string of the molecule is Cc1cc(N2CCC[C@H](C)C2)nc(NC(=S)NCC2(c3ccc(Cl)cc3)CCCCC2)n1. The fourth-order valence-electron chi connectivity index (χ4n) is 5.16. The molecule has 1 aromatic heterocycles. The molecule has 0 radical (unpaired) electrons. The van der Waals surface area contributed by atoms with Crippen molar-refractivity contribution < 1.29 is 0 Å². The Balaban J connectivity index is 1.43. The van der Waals surface area contributed by atoms with Crippen molar-refractivity contribution in [1.29, 1.82) is 0 Å². The Morgan fingerprint density at radius 2 is 1.91 bits per heavy atom. The Morgan fingerprint density at radius 1 is 1.16 bits per heavy atom. The van der Waals surface area contributed by atoms with Crippen LogP contribution < -0.4 is 15.5 Å². The highest BCUT2D eigenvalue weighted by Crippen LogP contribution is 2.39. The first kappa shape index (κ1) is 23.2. The van der Waals surface area contributed by atoms with E-state index in [0.29, 0.717) is 17.0 Å². The van der Waals surface area contributed by atoms with Crippen molar-refractivity contribution >= 4 is 40.7 Å². The van der Waals surface area contributed by atoms with Crippen molar-refractivity contribution in [3.8, 4) is 0 Å². The first-order chi connectivity index (χ1) is 15.4. The molecule has 2 heterocycles. The number of aryl methyl sites for hydroxylation is 1. The summed E-state index contributed by atoms with van der Waals surface area (Å²) < 4.78 is 0. The second kappa shape index (κ2) is 10.3. The standard InChI is InChI=1S/C25H34ClN5S/c1-18-7-6-14-31(16-18)22-15-19(2)28-23(29-22)30-24(32)27-17-25(12-4-3-5-13-25)20-8-10-21(26)11-9-20/h8-11,15,18H,3-7,12-14,16-17H2,1-2H3,(H2,27,28,29,30,32)/t18-/m0/s1. The van der Waals surface area contributed by atoms with Gasteiger partial charge in [-0.05, 0) is 68.4 Å². The van der Waals surface area contributed by atoms with Crippen LogP contribution in [0.3, 0.4) is 0 Å². The van der Waals surface area contributed by atoms with Gasteiger partial charge in [-0.2, -0.15) is 4.98 Å². The molecule has 2 aromatic rings. The Hall–Kier alpha value is -1.92. The van der Waals surface area contributed by atoms with Gasteiger partial charge >= 0.3 is 0 Å². The second-order valence-electron chi connectivity index (χ2n) is 9.54. The van der Waals surface area contributed by atoms with Crippen LogP contribution in [0.5, 0.6) is 0 Å². The molecule has 1 aromatic carbocycles. The summed E-state index contributed by atoms with van der Waals surface area (Å²) in [7, 11) is 0. The Labute approximate surface area is 202 Å². The van der Waals surface area contributed by atoms with Gasteiger partial charge in [-0.25, -0.2) is 4.98 Å². The first-order valence-corrected chi connectivity index (χ1v) is 12.6. The number of hydrogen-bond donors (Lipinski definition) is 2. The van der Waals surface area contributed by atoms with Gasteiger partial charge in [0.15, 0.2) is 5.11 Å². The lowest BCUT2D eigenvalue weighted by Crippen LogP contribution is -2.43. The Morgan fingerprint density at radius 3 is 2.62 bits per heavy atom. The number of nitrogens with zero attached hydrogens (tertiary/aromatic N) is 3. The largest absolute Gasteiger partial charge is 0.361 e. The Bertz CT molecular complexity index is 926. The average Bonchev–Trinajstić information content (AvgIpc) is 2.78. The molecule has 1 aliphatic heterocycles. The van der Waals surface area contributed by atoms with Crippen LogP contribution in [0.4, 0.5) is 11.8 Å². The maximum absolute atomic E-state index is 6.14. The predicted molar refractivity (Wildman–Crippen MR) is 138 cm³/mol. The molecule has 1 saturated heterocycles. The van der Waals surface area contributed by atoms with E-state index in [4.69, 9.17) is 28.8 Å². The van der Waals surface area contributed by atoms with Crippen molar-refractivity contribution in [2.24, 2.45) is 5.92 Å². The van der Waals surface area contributed by atoms with Crippen LogP contribution in [-0.2, 0) is 5.41 Å². The topological polar surface area (TPSA) is 53.1 Å². The molecule has 4 rings (SSSR count). The number of aromatic nitrogens is 2. The average molecular weight is 472 g/mol. The Kier molecular flexibility index (Phi) is 7.51. The van der Waals surface area contributed by atoms with Crippen molar-refractivity contribution in [2.75, 3.05) is 29.9 Å². The van der Waals surface area contributed by atoms with E-state index in [0.717, 1.165) is 49.0 Å². The number of piperidine rings is 1. The fraction of sp³-hybridized carbons (Fsp3) is 0.560. The van der Waals surface area contributed by atoms with Crippen LogP contribution in [0.1, 0.15) is 63.1 Å². The minimum Gasteiger partial charge on any atom is -0.361 e. The molecule has 0 bridgehead atoms. The normalized spacial score (nSPS) is 20.6. The van der Waals surface area contributed by atoms with Crippen molar-refractivity contribution in [2.45, 2.75) is 64.2 Å². The minimum atomic E-state index is 0.0805. The van der Waals surface area contributed by atoms with Gasteiger partial charge in [0, 0.05) is 41.8 Å². The summed E-state index contributed by atoms with van der Waals surface area (Å²) in [5.41, 5.74) is 2.37. The maximum Gasteiger partial charge on any atom is 0.231 e. The molecule has 1 saturated carbocycles. The molecule has 2 fully saturated rings. The van der Waals surface area contributed by atoms with Crippen LogP contribution in [0.15, 0.2) is 30.3 Å². The zero-order chi connectivity index (χ0) is 22.6. The molecular weight excluding hydrogens is 438 g/mol. The molecule has 0 unspecified atom stereocenters. The van der Waals surface area contributed by atoms with Crippen LogP contribution in [0, 0.1) is 12.8 Å². The highest BCUT2D eigenvalue weighted by molar-refractivity contribution is 7.80. The summed E-state index contributed by atoms with van der Waals surface area (Å²) in [5.74, 6) is 2.25. The first-order valence-electron chi connectivity index (χ1n) is 11.9. The van der Waals surface area contributed by atoms with Crippen LogP contribution in [-0.4, -0.2) is 34.7 Å². The van der Waals surface area contributed by atoms with E-state index in [2.05, 4.69) is 45.6 Å². The molecule has 1 atom stereocenters. The van der Waals surface area contributed by atoms with Crippen molar-refractivity contribution in [1.82, 2.24) is 15.3 Å². The number of halogens is 1. The number of rotatable bonds is 5. The van der Waals surface area contributed by atoms with Crippen LogP contribution in [0.25, 0.3) is 0 Å². The zero-order valence-electron chi connectivity index (χ0n) is 19.2. The quantitative estimate of drug-likeness (QED) is 0.532. The number of hydrogen-bond acceptors (Lipinski definition) is 4. The van der Waals surface area contributed by atoms with E-state index in [1.807, 2.05) is 19.1 Å².